The van der Waals surface area contributed by atoms with Crippen LogP contribution < -0.4 is 14.5 Å². The zero-order valence-corrected chi connectivity index (χ0v) is 19.6. The molecule has 6 nitrogen and oxygen atoms in total. The van der Waals surface area contributed by atoms with E-state index in [0.717, 1.165) is 41.7 Å². The Morgan fingerprint density at radius 2 is 1.50 bits per heavy atom. The highest BCUT2D eigenvalue weighted by atomic mass is 32.2. The number of nitrogens with one attached hydrogen (secondary N) is 1. The maximum Gasteiger partial charge on any atom is 0.243 e. The molecule has 0 radical (unpaired) electrons. The Morgan fingerprint density at radius 1 is 0.967 bits per heavy atom. The van der Waals surface area contributed by atoms with E-state index in [1.54, 1.807) is 19.1 Å². The van der Waals surface area contributed by atoms with Crippen molar-refractivity contribution < 1.29 is 13.2 Å². The van der Waals surface area contributed by atoms with Gasteiger partial charge in [0.2, 0.25) is 15.9 Å². The number of nitrogens with zero attached hydrogens (tertiary/aromatic N) is 2. The lowest BCUT2D eigenvalue weighted by atomic mass is 10.1. The summed E-state index contributed by atoms with van der Waals surface area (Å²) in [5.74, 6) is -0.340. The summed E-state index contributed by atoms with van der Waals surface area (Å²) in [4.78, 5) is 15.0. The maximum atomic E-state index is 12.8. The number of rotatable bonds is 9. The van der Waals surface area contributed by atoms with Crippen LogP contribution >= 0.6 is 0 Å². The molecule has 7 heteroatoms. The van der Waals surface area contributed by atoms with Crippen molar-refractivity contribution in [2.45, 2.75) is 47.2 Å². The molecule has 0 aliphatic heterocycles. The van der Waals surface area contributed by atoms with Crippen LogP contribution in [0.1, 0.15) is 37.5 Å². The summed E-state index contributed by atoms with van der Waals surface area (Å²) >= 11 is 0. The van der Waals surface area contributed by atoms with Gasteiger partial charge in [0.25, 0.3) is 0 Å². The molecule has 0 unspecified atom stereocenters. The number of aryl methyl sites for hydroxylation is 2. The summed E-state index contributed by atoms with van der Waals surface area (Å²) in [7, 11) is -3.63. The van der Waals surface area contributed by atoms with Gasteiger partial charge in [-0.15, -0.1) is 0 Å². The molecule has 1 N–H and O–H groups in total. The van der Waals surface area contributed by atoms with Gasteiger partial charge in [-0.3, -0.25) is 9.10 Å². The summed E-state index contributed by atoms with van der Waals surface area (Å²) in [5, 5.41) is 2.87. The molecular weight excluding hydrogens is 398 g/mol. The van der Waals surface area contributed by atoms with E-state index < -0.39 is 16.1 Å². The Bertz CT molecular complexity index is 947. The molecule has 0 heterocycles. The fourth-order valence-corrected chi connectivity index (χ4v) is 4.80. The number of carbonyl (C=O) groups is 1. The molecule has 164 valence electrons. The van der Waals surface area contributed by atoms with Gasteiger partial charge in [-0.25, -0.2) is 8.42 Å². The molecule has 0 bridgehead atoms. The van der Waals surface area contributed by atoms with Crippen molar-refractivity contribution in [1.29, 1.82) is 0 Å². The minimum Gasteiger partial charge on any atom is -0.372 e. The van der Waals surface area contributed by atoms with Crippen LogP contribution in [0.5, 0.6) is 0 Å². The van der Waals surface area contributed by atoms with Crippen LogP contribution in [0.3, 0.4) is 0 Å². The van der Waals surface area contributed by atoms with Crippen LogP contribution in [0.25, 0.3) is 0 Å². The lowest BCUT2D eigenvalue weighted by Crippen LogP contribution is -2.47. The molecule has 0 saturated heterocycles. The molecule has 2 rings (SSSR count). The fourth-order valence-electron chi connectivity index (χ4n) is 3.64. The van der Waals surface area contributed by atoms with Gasteiger partial charge in [0, 0.05) is 25.3 Å². The van der Waals surface area contributed by atoms with Crippen LogP contribution in [0.15, 0.2) is 42.5 Å². The minimum atomic E-state index is -3.63. The summed E-state index contributed by atoms with van der Waals surface area (Å²) in [6.07, 6.45) is 1.13. The first kappa shape index (κ1) is 23.7. The quantitative estimate of drug-likeness (QED) is 0.658. The monoisotopic (exact) mass is 431 g/mol. The Balaban J connectivity index is 2.14. The third-order valence-electron chi connectivity index (χ3n) is 5.08. The largest absolute Gasteiger partial charge is 0.372 e. The maximum absolute atomic E-state index is 12.8. The molecule has 0 aromatic heterocycles. The van der Waals surface area contributed by atoms with Gasteiger partial charge >= 0.3 is 0 Å². The standard InChI is InChI=1S/C23H33N3O3S/c1-7-25(8-2)21-11-9-20(10-12-21)16-24-23(27)19(5)26(30(6,28)29)22-14-17(3)13-18(4)15-22/h9-15,19H,7-8,16H2,1-6H3,(H,24,27)/t19-/m1/s1. The summed E-state index contributed by atoms with van der Waals surface area (Å²) in [6.45, 7) is 11.9. The number of hydrogen-bond donors (Lipinski definition) is 1. The zero-order chi connectivity index (χ0) is 22.5. The molecule has 0 spiro atoms. The van der Waals surface area contributed by atoms with Crippen molar-refractivity contribution in [3.05, 3.63) is 59.2 Å². The van der Waals surface area contributed by atoms with Crippen molar-refractivity contribution in [2.24, 2.45) is 0 Å². The van der Waals surface area contributed by atoms with Crippen molar-refractivity contribution in [3.8, 4) is 0 Å². The van der Waals surface area contributed by atoms with E-state index in [-0.39, 0.29) is 5.91 Å². The first-order chi connectivity index (χ1) is 14.1. The van der Waals surface area contributed by atoms with Crippen LogP contribution in [0.2, 0.25) is 0 Å². The molecule has 0 aliphatic rings. The van der Waals surface area contributed by atoms with Crippen LogP contribution in [-0.2, 0) is 21.4 Å². The third kappa shape index (κ3) is 5.98. The predicted molar refractivity (Wildman–Crippen MR) is 125 cm³/mol. The minimum absolute atomic E-state index is 0.339. The molecule has 1 atom stereocenters. The van der Waals surface area contributed by atoms with E-state index in [9.17, 15) is 13.2 Å². The van der Waals surface area contributed by atoms with Crippen molar-refractivity contribution >= 4 is 27.3 Å². The molecule has 30 heavy (non-hydrogen) atoms. The highest BCUT2D eigenvalue weighted by Crippen LogP contribution is 2.24. The van der Waals surface area contributed by atoms with E-state index in [4.69, 9.17) is 0 Å². The zero-order valence-electron chi connectivity index (χ0n) is 18.8. The van der Waals surface area contributed by atoms with Gasteiger partial charge in [-0.05, 0) is 75.6 Å². The van der Waals surface area contributed by atoms with Gasteiger partial charge < -0.3 is 10.2 Å². The third-order valence-corrected chi connectivity index (χ3v) is 6.32. The van der Waals surface area contributed by atoms with Gasteiger partial charge in [0.05, 0.1) is 11.9 Å². The van der Waals surface area contributed by atoms with Crippen LogP contribution in [-0.4, -0.2) is 39.7 Å². The van der Waals surface area contributed by atoms with Gasteiger partial charge in [-0.1, -0.05) is 18.2 Å². The molecule has 2 aromatic carbocycles. The Morgan fingerprint density at radius 3 is 1.97 bits per heavy atom. The van der Waals surface area contributed by atoms with Gasteiger partial charge in [-0.2, -0.15) is 0 Å². The average Bonchev–Trinajstić information content (AvgIpc) is 2.66. The molecule has 0 aliphatic carbocycles. The first-order valence-electron chi connectivity index (χ1n) is 10.3. The second-order valence-corrected chi connectivity index (χ2v) is 9.50. The van der Waals surface area contributed by atoms with Gasteiger partial charge in [0.15, 0.2) is 0 Å². The molecule has 0 saturated carbocycles. The average molecular weight is 432 g/mol. The molecular formula is C23H33N3O3S. The second-order valence-electron chi connectivity index (χ2n) is 7.64. The number of anilines is 2. The van der Waals surface area contributed by atoms with E-state index in [1.165, 1.54) is 4.31 Å². The van der Waals surface area contributed by atoms with Crippen LogP contribution in [0, 0.1) is 13.8 Å². The lowest BCUT2D eigenvalue weighted by Gasteiger charge is -2.29. The Kier molecular flexibility index (Phi) is 7.89. The number of amides is 1. The number of benzene rings is 2. The Hall–Kier alpha value is -2.54. The fraction of sp³-hybridized carbons (Fsp3) is 0.435. The summed E-state index contributed by atoms with van der Waals surface area (Å²) in [6, 6.07) is 12.7. The lowest BCUT2D eigenvalue weighted by molar-refractivity contribution is -0.122. The van der Waals surface area contributed by atoms with Gasteiger partial charge in [0.1, 0.15) is 6.04 Å². The van der Waals surface area contributed by atoms with E-state index in [0.29, 0.717) is 12.2 Å². The summed E-state index contributed by atoms with van der Waals surface area (Å²) < 4.78 is 26.1. The van der Waals surface area contributed by atoms with E-state index >= 15 is 0 Å². The van der Waals surface area contributed by atoms with Crippen molar-refractivity contribution in [3.63, 3.8) is 0 Å². The Labute approximate surface area is 180 Å². The normalized spacial score (nSPS) is 12.3. The van der Waals surface area contributed by atoms with Crippen LogP contribution in [0.4, 0.5) is 11.4 Å². The number of carbonyl (C=O) groups excluding carboxylic acids is 1. The smallest absolute Gasteiger partial charge is 0.243 e. The molecule has 1 amide bonds. The second kappa shape index (κ2) is 9.98. The SMILES string of the molecule is CCN(CC)c1ccc(CNC(=O)[C@@H](C)N(c2cc(C)cc(C)c2)S(C)(=O)=O)cc1. The van der Waals surface area contributed by atoms with Crippen molar-refractivity contribution in [2.75, 3.05) is 28.6 Å². The predicted octanol–water partition coefficient (Wildman–Crippen LogP) is 3.62. The number of sulfonamides is 1. The number of hydrogen-bond acceptors (Lipinski definition) is 4. The van der Waals surface area contributed by atoms with E-state index in [2.05, 4.69) is 24.1 Å². The molecule has 2 aromatic rings. The highest BCUT2D eigenvalue weighted by Gasteiger charge is 2.29. The van der Waals surface area contributed by atoms with Crippen molar-refractivity contribution in [1.82, 2.24) is 5.32 Å². The highest BCUT2D eigenvalue weighted by molar-refractivity contribution is 7.92. The summed E-state index contributed by atoms with van der Waals surface area (Å²) in [5.41, 5.74) is 4.49. The molecule has 0 fully saturated rings. The topological polar surface area (TPSA) is 69.7 Å². The van der Waals surface area contributed by atoms with E-state index in [1.807, 2.05) is 44.2 Å². The first-order valence-corrected chi connectivity index (χ1v) is 12.1.